The van der Waals surface area contributed by atoms with Crippen molar-refractivity contribution in [2.24, 2.45) is 0 Å². The van der Waals surface area contributed by atoms with E-state index in [4.69, 9.17) is 13.3 Å². The van der Waals surface area contributed by atoms with Crippen LogP contribution in [0.4, 0.5) is 0 Å². The molecule has 0 N–H and O–H groups in total. The van der Waals surface area contributed by atoms with Crippen molar-refractivity contribution in [3.8, 4) is 0 Å². The Kier molecular flexibility index (Phi) is 17.6. The van der Waals surface area contributed by atoms with Crippen LogP contribution < -0.4 is 0 Å². The lowest BCUT2D eigenvalue weighted by Crippen LogP contribution is -2.47. The molecule has 0 aromatic carbocycles. The van der Waals surface area contributed by atoms with Gasteiger partial charge in [0.25, 0.3) is 0 Å². The third kappa shape index (κ3) is 11.4. The van der Waals surface area contributed by atoms with Crippen LogP contribution in [0, 0.1) is 0 Å². The van der Waals surface area contributed by atoms with Gasteiger partial charge in [0.2, 0.25) is 0 Å². The van der Waals surface area contributed by atoms with Gasteiger partial charge >= 0.3 is 8.80 Å². The van der Waals surface area contributed by atoms with Crippen LogP contribution in [0.15, 0.2) is 0 Å². The average Bonchev–Trinajstić information content (AvgIpc) is 2.64. The van der Waals surface area contributed by atoms with Gasteiger partial charge in [0.1, 0.15) is 0 Å². The van der Waals surface area contributed by atoms with E-state index in [0.717, 1.165) is 0 Å². The molecule has 0 heterocycles. The Balaban J connectivity index is 4.24. The van der Waals surface area contributed by atoms with Crippen molar-refractivity contribution in [1.82, 2.24) is 0 Å². The number of unbranched alkanes of at least 4 members (excludes halogenated alkanes) is 11. The van der Waals surface area contributed by atoms with Crippen molar-refractivity contribution in [2.45, 2.75) is 116 Å². The van der Waals surface area contributed by atoms with E-state index in [9.17, 15) is 0 Å². The molecule has 4 heteroatoms. The van der Waals surface area contributed by atoms with Gasteiger partial charge < -0.3 is 13.3 Å². The van der Waals surface area contributed by atoms with E-state index >= 15 is 0 Å². The van der Waals surface area contributed by atoms with E-state index in [1.165, 1.54) is 96.3 Å². The van der Waals surface area contributed by atoms with Crippen molar-refractivity contribution < 1.29 is 13.3 Å². The summed E-state index contributed by atoms with van der Waals surface area (Å²) >= 11 is 0. The summed E-state index contributed by atoms with van der Waals surface area (Å²) in [5.41, 5.74) is 0.453. The van der Waals surface area contributed by atoms with Gasteiger partial charge in [-0.2, -0.15) is 0 Å². The van der Waals surface area contributed by atoms with Gasteiger partial charge in [-0.1, -0.05) is 97.3 Å². The molecule has 0 amide bonds. The van der Waals surface area contributed by atoms with Crippen LogP contribution in [0.1, 0.15) is 110 Å². The first-order valence-electron chi connectivity index (χ1n) is 10.9. The van der Waals surface area contributed by atoms with Crippen molar-refractivity contribution in [3.05, 3.63) is 0 Å². The smallest absolute Gasteiger partial charge is 0.377 e. The monoisotopic (exact) mass is 374 g/mol. The van der Waals surface area contributed by atoms with Crippen molar-refractivity contribution >= 4 is 8.80 Å². The molecule has 0 aliphatic heterocycles. The van der Waals surface area contributed by atoms with Gasteiger partial charge in [0.15, 0.2) is 0 Å². The fraction of sp³-hybridized carbons (Fsp3) is 1.00. The van der Waals surface area contributed by atoms with Crippen molar-refractivity contribution in [1.29, 1.82) is 0 Å². The number of hydrogen-bond acceptors (Lipinski definition) is 3. The highest BCUT2D eigenvalue weighted by Crippen LogP contribution is 2.34. The van der Waals surface area contributed by atoms with Crippen LogP contribution >= 0.6 is 0 Å². The van der Waals surface area contributed by atoms with Crippen LogP contribution in [0.2, 0.25) is 5.54 Å². The Hall–Kier alpha value is 0.0969. The lowest BCUT2D eigenvalue weighted by Gasteiger charge is -2.32. The quantitative estimate of drug-likeness (QED) is 0.178. The molecule has 25 heavy (non-hydrogen) atoms. The van der Waals surface area contributed by atoms with Crippen LogP contribution in [0.5, 0.6) is 0 Å². The van der Waals surface area contributed by atoms with E-state index in [2.05, 4.69) is 13.8 Å². The molecule has 0 aromatic heterocycles. The van der Waals surface area contributed by atoms with Crippen LogP contribution in [-0.2, 0) is 13.3 Å². The molecule has 0 aromatic rings. The Bertz CT molecular complexity index is 262. The first kappa shape index (κ1) is 25.1. The Labute approximate surface area is 159 Å². The summed E-state index contributed by atoms with van der Waals surface area (Å²) < 4.78 is 17.4. The summed E-state index contributed by atoms with van der Waals surface area (Å²) in [6, 6.07) is 0. The second-order valence-corrected chi connectivity index (χ2v) is 10.6. The normalized spacial score (nSPS) is 13.3. The summed E-state index contributed by atoms with van der Waals surface area (Å²) in [5, 5.41) is 0. The Morgan fingerprint density at radius 1 is 0.520 bits per heavy atom. The summed E-state index contributed by atoms with van der Waals surface area (Å²) in [6.07, 6.45) is 19.8. The zero-order valence-corrected chi connectivity index (χ0v) is 18.9. The summed E-state index contributed by atoms with van der Waals surface area (Å²) in [7, 11) is 2.78. The molecule has 0 aliphatic rings. The third-order valence-corrected chi connectivity index (χ3v) is 8.70. The van der Waals surface area contributed by atoms with Crippen LogP contribution in [0.25, 0.3) is 0 Å². The molecule has 1 atom stereocenters. The molecule has 0 spiro atoms. The summed E-state index contributed by atoms with van der Waals surface area (Å²) in [6.45, 7) is 4.55. The number of rotatable bonds is 19. The molecule has 0 fully saturated rings. The first-order chi connectivity index (χ1) is 12.2. The van der Waals surface area contributed by atoms with E-state index in [1.807, 2.05) is 0 Å². The van der Waals surface area contributed by atoms with Crippen molar-refractivity contribution in [2.75, 3.05) is 21.3 Å². The van der Waals surface area contributed by atoms with Crippen LogP contribution in [-0.4, -0.2) is 30.1 Å². The maximum Gasteiger partial charge on any atom is 0.503 e. The van der Waals surface area contributed by atoms with E-state index < -0.39 is 8.80 Å². The molecule has 0 saturated heterocycles. The standard InChI is InChI=1S/C21H46O3Si/c1-6-8-10-12-14-16-18-20-21(25(22-3,23-4)24-5)19-17-15-13-11-9-7-2/h21H,6-20H2,1-5H3. The zero-order chi connectivity index (χ0) is 18.8. The molecule has 0 bridgehead atoms. The highest BCUT2D eigenvalue weighted by Gasteiger charge is 2.46. The minimum atomic E-state index is -2.50. The van der Waals surface area contributed by atoms with E-state index in [-0.39, 0.29) is 0 Å². The van der Waals surface area contributed by atoms with Gasteiger partial charge in [-0.15, -0.1) is 0 Å². The highest BCUT2D eigenvalue weighted by molar-refractivity contribution is 6.62. The Morgan fingerprint density at radius 2 is 0.840 bits per heavy atom. The van der Waals surface area contributed by atoms with Gasteiger partial charge in [0.05, 0.1) is 0 Å². The summed E-state index contributed by atoms with van der Waals surface area (Å²) in [4.78, 5) is 0. The fourth-order valence-corrected chi connectivity index (χ4v) is 6.38. The molecule has 0 saturated carbocycles. The zero-order valence-electron chi connectivity index (χ0n) is 17.9. The molecule has 1 unspecified atom stereocenters. The maximum atomic E-state index is 5.80. The molecule has 0 aliphatic carbocycles. The molecule has 0 rings (SSSR count). The lowest BCUT2D eigenvalue weighted by atomic mass is 10.0. The minimum absolute atomic E-state index is 0.453. The Morgan fingerprint density at radius 3 is 1.16 bits per heavy atom. The van der Waals surface area contributed by atoms with Gasteiger partial charge in [-0.3, -0.25) is 0 Å². The largest absolute Gasteiger partial charge is 0.503 e. The van der Waals surface area contributed by atoms with E-state index in [0.29, 0.717) is 5.54 Å². The maximum absolute atomic E-state index is 5.80. The molecule has 3 nitrogen and oxygen atoms in total. The van der Waals surface area contributed by atoms with Gasteiger partial charge in [-0.25, -0.2) is 0 Å². The van der Waals surface area contributed by atoms with E-state index in [1.54, 1.807) is 21.3 Å². The topological polar surface area (TPSA) is 27.7 Å². The average molecular weight is 375 g/mol. The minimum Gasteiger partial charge on any atom is -0.377 e. The number of hydrogen-bond donors (Lipinski definition) is 0. The van der Waals surface area contributed by atoms with Gasteiger partial charge in [0, 0.05) is 26.9 Å². The fourth-order valence-electron chi connectivity index (χ4n) is 3.77. The highest BCUT2D eigenvalue weighted by atomic mass is 28.4. The van der Waals surface area contributed by atoms with Gasteiger partial charge in [-0.05, 0) is 12.8 Å². The molecule has 0 radical (unpaired) electrons. The summed E-state index contributed by atoms with van der Waals surface area (Å²) in [5.74, 6) is 0. The predicted octanol–water partition coefficient (Wildman–Crippen LogP) is 7.13. The second-order valence-electron chi connectivity index (χ2n) is 7.38. The van der Waals surface area contributed by atoms with Crippen molar-refractivity contribution in [3.63, 3.8) is 0 Å². The molecule has 152 valence electrons. The SMILES string of the molecule is CCCCCCCCCC(CCCCCCCC)[Si](OC)(OC)OC. The van der Waals surface area contributed by atoms with Crippen LogP contribution in [0.3, 0.4) is 0 Å². The second kappa shape index (κ2) is 17.5. The third-order valence-electron chi connectivity index (χ3n) is 5.42. The molecular weight excluding hydrogens is 328 g/mol. The predicted molar refractivity (Wildman–Crippen MR) is 111 cm³/mol. The molecular formula is C21H46O3Si. The lowest BCUT2D eigenvalue weighted by molar-refractivity contribution is 0.107. The first-order valence-corrected chi connectivity index (χ1v) is 12.7.